The SMILES string of the molecule is CCc1nc(C(=O)NCC2CCC(C)CC2)c(C)n1-c1ncc(CC(C)(C)C(F)(F)F)cc1OC(F)F.O=S=O. The van der Waals surface area contributed by atoms with Gasteiger partial charge < -0.3 is 10.1 Å². The van der Waals surface area contributed by atoms with E-state index in [1.807, 2.05) is 0 Å². The number of hydrogen-bond acceptors (Lipinski definition) is 6. The van der Waals surface area contributed by atoms with Crippen molar-refractivity contribution < 1.29 is 39.9 Å². The lowest BCUT2D eigenvalue weighted by atomic mass is 9.83. The molecule has 0 spiro atoms. The zero-order valence-electron chi connectivity index (χ0n) is 23.1. The Morgan fingerprint density at radius 2 is 1.80 bits per heavy atom. The topological polar surface area (TPSA) is 103 Å². The molecule has 1 aliphatic carbocycles. The quantitative estimate of drug-likeness (QED) is 0.371. The Hall–Kier alpha value is -2.90. The summed E-state index contributed by atoms with van der Waals surface area (Å²) >= 11 is -0.750. The molecule has 1 aliphatic rings. The molecule has 0 aliphatic heterocycles. The summed E-state index contributed by atoms with van der Waals surface area (Å²) in [7, 11) is 0. The molecule has 0 bridgehead atoms. The first-order valence-corrected chi connectivity index (χ1v) is 13.6. The second-order valence-electron chi connectivity index (χ2n) is 10.7. The summed E-state index contributed by atoms with van der Waals surface area (Å²) in [5.74, 6) is 0.669. The van der Waals surface area contributed by atoms with Crippen LogP contribution in [0, 0.1) is 24.2 Å². The molecular formula is C26H35F5N4O4S. The average molecular weight is 595 g/mol. The van der Waals surface area contributed by atoms with Crippen molar-refractivity contribution >= 4 is 17.5 Å². The number of pyridine rings is 1. The van der Waals surface area contributed by atoms with Crippen LogP contribution in [0.5, 0.6) is 5.75 Å². The van der Waals surface area contributed by atoms with Crippen molar-refractivity contribution in [1.82, 2.24) is 19.9 Å². The fraction of sp³-hybridized carbons (Fsp3) is 0.654. The van der Waals surface area contributed by atoms with E-state index in [1.54, 1.807) is 13.8 Å². The van der Waals surface area contributed by atoms with Gasteiger partial charge in [0.1, 0.15) is 11.5 Å². The first-order chi connectivity index (χ1) is 18.6. The van der Waals surface area contributed by atoms with E-state index in [1.165, 1.54) is 10.8 Å². The van der Waals surface area contributed by atoms with Crippen LogP contribution in [-0.4, -0.2) is 48.2 Å². The predicted octanol–water partition coefficient (Wildman–Crippen LogP) is 5.76. The third-order valence-electron chi connectivity index (χ3n) is 7.13. The molecule has 2 heterocycles. The van der Waals surface area contributed by atoms with Crippen molar-refractivity contribution in [2.45, 2.75) is 85.9 Å². The van der Waals surface area contributed by atoms with E-state index in [-0.39, 0.29) is 28.7 Å². The minimum Gasteiger partial charge on any atom is -0.431 e. The van der Waals surface area contributed by atoms with Gasteiger partial charge >= 0.3 is 24.4 Å². The van der Waals surface area contributed by atoms with E-state index < -0.39 is 36.2 Å². The van der Waals surface area contributed by atoms with Gasteiger partial charge in [0.15, 0.2) is 11.6 Å². The van der Waals surface area contributed by atoms with E-state index in [0.717, 1.165) is 45.6 Å². The van der Waals surface area contributed by atoms with Crippen molar-refractivity contribution in [2.24, 2.45) is 17.3 Å². The molecule has 224 valence electrons. The van der Waals surface area contributed by atoms with Crippen molar-refractivity contribution in [3.8, 4) is 11.6 Å². The summed E-state index contributed by atoms with van der Waals surface area (Å²) in [6.07, 6.45) is 0.947. The molecule has 3 rings (SSSR count). The normalized spacial score (nSPS) is 17.7. The Morgan fingerprint density at radius 1 is 1.20 bits per heavy atom. The molecule has 8 nitrogen and oxygen atoms in total. The number of nitrogens with one attached hydrogen (secondary N) is 1. The van der Waals surface area contributed by atoms with E-state index >= 15 is 0 Å². The number of nitrogens with zero attached hydrogens (tertiary/aromatic N) is 3. The summed E-state index contributed by atoms with van der Waals surface area (Å²) in [5.41, 5.74) is -1.48. The zero-order valence-corrected chi connectivity index (χ0v) is 23.9. The Bertz CT molecular complexity index is 1190. The van der Waals surface area contributed by atoms with Gasteiger partial charge in [0, 0.05) is 19.2 Å². The number of ether oxygens (including phenoxy) is 1. The number of aryl methyl sites for hydroxylation is 1. The van der Waals surface area contributed by atoms with Crippen LogP contribution in [0.4, 0.5) is 22.0 Å². The standard InChI is InChI=1S/C26H35F5N4O2.O2S/c1-6-20-34-21(23(36)33-13-17-9-7-15(2)8-10-17)16(3)35(20)22-19(37-24(27)28)11-18(14-32-22)12-25(4,5)26(29,30)31;1-3-2/h11,14-15,17,24H,6-10,12-13H2,1-5H3,(H,33,36);. The molecule has 14 heteroatoms. The van der Waals surface area contributed by atoms with Crippen LogP contribution < -0.4 is 10.1 Å². The van der Waals surface area contributed by atoms with Crippen LogP contribution in [0.3, 0.4) is 0 Å². The number of alkyl halides is 5. The highest BCUT2D eigenvalue weighted by Gasteiger charge is 2.47. The van der Waals surface area contributed by atoms with Crippen LogP contribution in [-0.2, 0) is 24.4 Å². The summed E-state index contributed by atoms with van der Waals surface area (Å²) in [6.45, 7) is 5.00. The van der Waals surface area contributed by atoms with Gasteiger partial charge in [-0.1, -0.05) is 40.5 Å². The van der Waals surface area contributed by atoms with E-state index in [0.29, 0.717) is 36.3 Å². The van der Waals surface area contributed by atoms with Gasteiger partial charge in [0.2, 0.25) is 0 Å². The van der Waals surface area contributed by atoms with Gasteiger partial charge in [-0.05, 0) is 49.7 Å². The maximum absolute atomic E-state index is 13.4. The lowest BCUT2D eigenvalue weighted by Gasteiger charge is -2.28. The number of amides is 1. The summed E-state index contributed by atoms with van der Waals surface area (Å²) < 4.78 is 89.4. The monoisotopic (exact) mass is 594 g/mol. The Kier molecular flexibility index (Phi) is 11.8. The molecule has 1 saturated carbocycles. The van der Waals surface area contributed by atoms with E-state index in [4.69, 9.17) is 8.42 Å². The molecule has 1 amide bonds. The molecular weight excluding hydrogens is 559 g/mol. The largest absolute Gasteiger partial charge is 0.431 e. The van der Waals surface area contributed by atoms with E-state index in [2.05, 4.69) is 26.9 Å². The highest BCUT2D eigenvalue weighted by atomic mass is 32.1. The minimum atomic E-state index is -4.50. The molecule has 2 aromatic heterocycles. The number of aromatic nitrogens is 3. The van der Waals surface area contributed by atoms with Crippen molar-refractivity contribution in [2.75, 3.05) is 6.54 Å². The zero-order chi connectivity index (χ0) is 30.3. The highest BCUT2D eigenvalue weighted by Crippen LogP contribution is 2.41. The minimum absolute atomic E-state index is 0.0592. The fourth-order valence-electron chi connectivity index (χ4n) is 4.68. The van der Waals surface area contributed by atoms with Gasteiger partial charge in [-0.2, -0.15) is 30.4 Å². The van der Waals surface area contributed by atoms with Crippen molar-refractivity contribution in [3.63, 3.8) is 0 Å². The smallest absolute Gasteiger partial charge is 0.394 e. The number of imidazole rings is 1. The number of hydrogen-bond donors (Lipinski definition) is 1. The van der Waals surface area contributed by atoms with Crippen LogP contribution in [0.2, 0.25) is 0 Å². The van der Waals surface area contributed by atoms with Crippen LogP contribution in [0.15, 0.2) is 12.3 Å². The highest BCUT2D eigenvalue weighted by molar-refractivity contribution is 7.51. The number of carbonyl (C=O) groups is 1. The van der Waals surface area contributed by atoms with Gasteiger partial charge in [-0.3, -0.25) is 9.36 Å². The van der Waals surface area contributed by atoms with Crippen LogP contribution >= 0.6 is 0 Å². The molecule has 0 atom stereocenters. The summed E-state index contributed by atoms with van der Waals surface area (Å²) in [5, 5.41) is 2.94. The Morgan fingerprint density at radius 3 is 2.33 bits per heavy atom. The Labute approximate surface area is 233 Å². The summed E-state index contributed by atoms with van der Waals surface area (Å²) in [6, 6.07) is 1.14. The first kappa shape index (κ1) is 33.3. The van der Waals surface area contributed by atoms with Gasteiger partial charge in [-0.25, -0.2) is 9.97 Å². The molecule has 0 radical (unpaired) electrons. The van der Waals surface area contributed by atoms with Gasteiger partial charge in [-0.15, -0.1) is 0 Å². The van der Waals surface area contributed by atoms with Crippen molar-refractivity contribution in [1.29, 1.82) is 0 Å². The molecule has 1 fully saturated rings. The van der Waals surface area contributed by atoms with Crippen LogP contribution in [0.1, 0.15) is 80.9 Å². The molecule has 0 unspecified atom stereocenters. The third-order valence-corrected chi connectivity index (χ3v) is 7.13. The molecule has 0 saturated heterocycles. The van der Waals surface area contributed by atoms with Crippen molar-refractivity contribution in [3.05, 3.63) is 35.0 Å². The Balaban J connectivity index is 0.00000178. The fourth-order valence-corrected chi connectivity index (χ4v) is 4.68. The van der Waals surface area contributed by atoms with Crippen LogP contribution in [0.25, 0.3) is 5.82 Å². The lowest BCUT2D eigenvalue weighted by molar-refractivity contribution is -0.211. The van der Waals surface area contributed by atoms with E-state index in [9.17, 15) is 26.7 Å². The predicted molar refractivity (Wildman–Crippen MR) is 138 cm³/mol. The third kappa shape index (κ3) is 8.55. The maximum Gasteiger partial charge on any atom is 0.394 e. The second-order valence-corrected chi connectivity index (χ2v) is 10.8. The number of rotatable bonds is 9. The second kappa shape index (κ2) is 14.1. The number of carbonyl (C=O) groups excluding carboxylic acids is 1. The number of halogens is 5. The average Bonchev–Trinajstić information content (AvgIpc) is 3.19. The molecule has 40 heavy (non-hydrogen) atoms. The maximum atomic E-state index is 13.4. The molecule has 1 N–H and O–H groups in total. The lowest BCUT2D eigenvalue weighted by Crippen LogP contribution is -2.34. The van der Waals surface area contributed by atoms with Gasteiger partial charge in [0.05, 0.1) is 11.1 Å². The first-order valence-electron chi connectivity index (χ1n) is 12.9. The van der Waals surface area contributed by atoms with Gasteiger partial charge in [0.25, 0.3) is 5.91 Å². The molecule has 2 aromatic rings. The summed E-state index contributed by atoms with van der Waals surface area (Å²) in [4.78, 5) is 21.6. The molecule has 0 aromatic carbocycles.